The molecule has 100 valence electrons. The fraction of sp³-hybridized carbons (Fsp3) is 0.286. The van der Waals surface area contributed by atoms with E-state index < -0.39 is 0 Å². The van der Waals surface area contributed by atoms with Crippen molar-refractivity contribution in [3.05, 3.63) is 48.3 Å². The summed E-state index contributed by atoms with van der Waals surface area (Å²) >= 11 is 0. The van der Waals surface area contributed by atoms with E-state index in [9.17, 15) is 4.79 Å². The predicted molar refractivity (Wildman–Crippen MR) is 74.9 cm³/mol. The highest BCUT2D eigenvalue weighted by molar-refractivity contribution is 5.92. The minimum Gasteiger partial charge on any atom is -0.325 e. The molecule has 0 spiro atoms. The molecule has 2 N–H and O–H groups in total. The summed E-state index contributed by atoms with van der Waals surface area (Å²) in [6, 6.07) is 11.4. The first-order valence-electron chi connectivity index (χ1n) is 6.28. The lowest BCUT2D eigenvalue weighted by Gasteiger charge is -2.05. The number of hydrogen-bond acceptors (Lipinski definition) is 3. The zero-order valence-electron chi connectivity index (χ0n) is 11.0. The van der Waals surface area contributed by atoms with Crippen molar-refractivity contribution in [1.29, 1.82) is 0 Å². The van der Waals surface area contributed by atoms with Crippen LogP contribution in [0.5, 0.6) is 0 Å². The highest BCUT2D eigenvalue weighted by Gasteiger charge is 2.01. The molecular formula is C14H18N4O. The molecule has 0 aliphatic rings. The summed E-state index contributed by atoms with van der Waals surface area (Å²) in [6.07, 6.45) is 2.73. The van der Waals surface area contributed by atoms with Crippen LogP contribution in [-0.4, -0.2) is 28.8 Å². The number of nitrogens with zero attached hydrogens (tertiary/aromatic N) is 2. The van der Waals surface area contributed by atoms with Crippen molar-refractivity contribution in [3.8, 4) is 0 Å². The van der Waals surface area contributed by atoms with E-state index in [1.54, 1.807) is 4.68 Å². The van der Waals surface area contributed by atoms with Crippen molar-refractivity contribution in [2.75, 3.05) is 18.4 Å². The van der Waals surface area contributed by atoms with E-state index in [2.05, 4.69) is 15.7 Å². The monoisotopic (exact) mass is 258 g/mol. The van der Waals surface area contributed by atoms with Crippen LogP contribution in [0.4, 0.5) is 5.69 Å². The van der Waals surface area contributed by atoms with Crippen LogP contribution in [0.3, 0.4) is 0 Å². The van der Waals surface area contributed by atoms with Gasteiger partial charge in [-0.1, -0.05) is 18.2 Å². The molecule has 1 heterocycles. The van der Waals surface area contributed by atoms with Gasteiger partial charge >= 0.3 is 0 Å². The molecule has 0 radical (unpaired) electrons. The maximum absolute atomic E-state index is 11.6. The highest BCUT2D eigenvalue weighted by Crippen LogP contribution is 2.03. The standard InChI is InChI=1S/C14H18N4O/c1-18-10-8-13(17-18)7-9-15-11-14(19)16-12-5-3-2-4-6-12/h2-6,8,10,15H,7,9,11H2,1H3,(H,16,19). The van der Waals surface area contributed by atoms with Gasteiger partial charge in [0.2, 0.25) is 5.91 Å². The smallest absolute Gasteiger partial charge is 0.238 e. The molecule has 19 heavy (non-hydrogen) atoms. The fourth-order valence-electron chi connectivity index (χ4n) is 1.74. The van der Waals surface area contributed by atoms with E-state index in [-0.39, 0.29) is 5.91 Å². The Morgan fingerprint density at radius 2 is 2.05 bits per heavy atom. The summed E-state index contributed by atoms with van der Waals surface area (Å²) in [4.78, 5) is 11.6. The topological polar surface area (TPSA) is 59.0 Å². The van der Waals surface area contributed by atoms with Gasteiger partial charge in [-0.2, -0.15) is 5.10 Å². The van der Waals surface area contributed by atoms with Gasteiger partial charge < -0.3 is 10.6 Å². The Balaban J connectivity index is 1.64. The molecule has 5 heteroatoms. The highest BCUT2D eigenvalue weighted by atomic mass is 16.1. The van der Waals surface area contributed by atoms with Gasteiger partial charge in [0.05, 0.1) is 12.2 Å². The SMILES string of the molecule is Cn1ccc(CCNCC(=O)Nc2ccccc2)n1. The molecule has 0 aliphatic carbocycles. The van der Waals surface area contributed by atoms with Gasteiger partial charge in [-0.3, -0.25) is 9.48 Å². The van der Waals surface area contributed by atoms with Gasteiger partial charge in [0.1, 0.15) is 0 Å². The van der Waals surface area contributed by atoms with E-state index in [1.165, 1.54) is 0 Å². The molecule has 5 nitrogen and oxygen atoms in total. The summed E-state index contributed by atoms with van der Waals surface area (Å²) in [6.45, 7) is 1.04. The number of hydrogen-bond donors (Lipinski definition) is 2. The molecule has 0 atom stereocenters. The quantitative estimate of drug-likeness (QED) is 0.765. The zero-order chi connectivity index (χ0) is 13.5. The van der Waals surface area contributed by atoms with Gasteiger partial charge in [-0.05, 0) is 18.2 Å². The van der Waals surface area contributed by atoms with Gasteiger partial charge in [-0.25, -0.2) is 0 Å². The van der Waals surface area contributed by atoms with Crippen molar-refractivity contribution in [3.63, 3.8) is 0 Å². The maximum atomic E-state index is 11.6. The number of nitrogens with one attached hydrogen (secondary N) is 2. The second-order valence-corrected chi connectivity index (χ2v) is 4.32. The second kappa shape index (κ2) is 6.70. The van der Waals surface area contributed by atoms with Crippen LogP contribution in [0.25, 0.3) is 0 Å². The van der Waals surface area contributed by atoms with Crippen LogP contribution in [0.2, 0.25) is 0 Å². The average Bonchev–Trinajstić information content (AvgIpc) is 2.82. The van der Waals surface area contributed by atoms with Gasteiger partial charge in [-0.15, -0.1) is 0 Å². The molecule has 0 saturated heterocycles. The minimum atomic E-state index is -0.0350. The van der Waals surface area contributed by atoms with Crippen LogP contribution in [0, 0.1) is 0 Å². The Kier molecular flexibility index (Phi) is 4.69. The van der Waals surface area contributed by atoms with Crippen LogP contribution >= 0.6 is 0 Å². The number of carbonyl (C=O) groups excluding carboxylic acids is 1. The molecule has 1 aromatic heterocycles. The third-order valence-corrected chi connectivity index (χ3v) is 2.67. The molecule has 1 aromatic carbocycles. The number of amides is 1. The lowest BCUT2D eigenvalue weighted by molar-refractivity contribution is -0.115. The predicted octanol–water partition coefficient (Wildman–Crippen LogP) is 1.19. The third-order valence-electron chi connectivity index (χ3n) is 2.67. The van der Waals surface area contributed by atoms with E-state index in [0.29, 0.717) is 6.54 Å². The van der Waals surface area contributed by atoms with Gasteiger partial charge in [0.25, 0.3) is 0 Å². The summed E-state index contributed by atoms with van der Waals surface area (Å²) in [5.41, 5.74) is 1.84. The Hall–Kier alpha value is -2.14. The summed E-state index contributed by atoms with van der Waals surface area (Å²) in [7, 11) is 1.89. The zero-order valence-corrected chi connectivity index (χ0v) is 11.0. The Morgan fingerprint density at radius 3 is 2.74 bits per heavy atom. The van der Waals surface area contributed by atoms with E-state index in [4.69, 9.17) is 0 Å². The second-order valence-electron chi connectivity index (χ2n) is 4.32. The summed E-state index contributed by atoms with van der Waals surface area (Å²) in [5.74, 6) is -0.0350. The lowest BCUT2D eigenvalue weighted by Crippen LogP contribution is -2.29. The number of anilines is 1. The van der Waals surface area contributed by atoms with Crippen molar-refractivity contribution < 1.29 is 4.79 Å². The van der Waals surface area contributed by atoms with Crippen molar-refractivity contribution in [2.45, 2.75) is 6.42 Å². The Labute approximate surface area is 112 Å². The normalized spacial score (nSPS) is 10.4. The summed E-state index contributed by atoms with van der Waals surface area (Å²) < 4.78 is 1.78. The number of aromatic nitrogens is 2. The van der Waals surface area contributed by atoms with Crippen molar-refractivity contribution in [2.24, 2.45) is 7.05 Å². The number of rotatable bonds is 6. The van der Waals surface area contributed by atoms with Crippen molar-refractivity contribution >= 4 is 11.6 Å². The van der Waals surface area contributed by atoms with Gasteiger partial charge in [0.15, 0.2) is 0 Å². The largest absolute Gasteiger partial charge is 0.325 e. The molecule has 1 amide bonds. The first kappa shape index (κ1) is 13.3. The Morgan fingerprint density at radius 1 is 1.26 bits per heavy atom. The Bertz CT molecular complexity index is 521. The molecule has 0 fully saturated rings. The molecule has 2 rings (SSSR count). The van der Waals surface area contributed by atoms with E-state index in [1.807, 2.05) is 49.6 Å². The fourth-order valence-corrected chi connectivity index (χ4v) is 1.74. The van der Waals surface area contributed by atoms with Gasteiger partial charge in [0, 0.05) is 31.9 Å². The molecule has 0 unspecified atom stereocenters. The van der Waals surface area contributed by atoms with Crippen LogP contribution < -0.4 is 10.6 Å². The number of para-hydroxylation sites is 1. The van der Waals surface area contributed by atoms with E-state index in [0.717, 1.165) is 24.3 Å². The number of benzene rings is 1. The first-order chi connectivity index (χ1) is 9.24. The molecule has 0 aliphatic heterocycles. The molecule has 2 aromatic rings. The average molecular weight is 258 g/mol. The lowest BCUT2D eigenvalue weighted by atomic mass is 10.3. The number of aryl methyl sites for hydroxylation is 1. The maximum Gasteiger partial charge on any atom is 0.238 e. The minimum absolute atomic E-state index is 0.0350. The first-order valence-corrected chi connectivity index (χ1v) is 6.28. The van der Waals surface area contributed by atoms with Crippen LogP contribution in [-0.2, 0) is 18.3 Å². The number of carbonyl (C=O) groups is 1. The molecule has 0 saturated carbocycles. The van der Waals surface area contributed by atoms with Crippen LogP contribution in [0.15, 0.2) is 42.6 Å². The third kappa shape index (κ3) is 4.56. The molecule has 0 bridgehead atoms. The summed E-state index contributed by atoms with van der Waals surface area (Å²) in [5, 5.41) is 10.2. The van der Waals surface area contributed by atoms with Crippen LogP contribution in [0.1, 0.15) is 5.69 Å². The molecular weight excluding hydrogens is 240 g/mol. The van der Waals surface area contributed by atoms with E-state index >= 15 is 0 Å². The van der Waals surface area contributed by atoms with Crippen molar-refractivity contribution in [1.82, 2.24) is 15.1 Å².